The Labute approximate surface area is 97.8 Å². The second kappa shape index (κ2) is 3.94. The van der Waals surface area contributed by atoms with Gasteiger partial charge >= 0.3 is 0 Å². The van der Waals surface area contributed by atoms with Crippen molar-refractivity contribution in [3.63, 3.8) is 0 Å². The molecule has 0 radical (unpaired) electrons. The molecule has 82 valence electrons. The first-order valence-corrected chi connectivity index (χ1v) is 5.30. The van der Waals surface area contributed by atoms with Crippen molar-refractivity contribution in [3.05, 3.63) is 60.8 Å². The second-order valence-electron chi connectivity index (χ2n) is 3.74. The van der Waals surface area contributed by atoms with E-state index in [9.17, 15) is 4.39 Å². The van der Waals surface area contributed by atoms with Crippen molar-refractivity contribution in [1.82, 2.24) is 9.97 Å². The third-order valence-electron chi connectivity index (χ3n) is 2.73. The van der Waals surface area contributed by atoms with Crippen molar-refractivity contribution in [3.8, 4) is 11.3 Å². The number of hydrogen-bond donors (Lipinski definition) is 0. The van der Waals surface area contributed by atoms with Gasteiger partial charge in [-0.1, -0.05) is 24.3 Å². The number of benzene rings is 2. The quantitative estimate of drug-likeness (QED) is 0.632. The molecule has 0 amide bonds. The van der Waals surface area contributed by atoms with Crippen LogP contribution in [0.4, 0.5) is 4.39 Å². The standard InChI is InChI=1S/C14H9FN2/c15-13-6-5-12(14-7-8-16-9-17-14)10-3-1-2-4-11(10)13/h1-9H. The second-order valence-corrected chi connectivity index (χ2v) is 3.74. The summed E-state index contributed by atoms with van der Waals surface area (Å²) in [5, 5.41) is 1.48. The molecule has 0 bridgehead atoms. The Morgan fingerprint density at radius 1 is 0.882 bits per heavy atom. The number of rotatable bonds is 1. The lowest BCUT2D eigenvalue weighted by Crippen LogP contribution is -1.87. The molecular weight excluding hydrogens is 215 g/mol. The summed E-state index contributed by atoms with van der Waals surface area (Å²) >= 11 is 0. The molecule has 3 heteroatoms. The van der Waals surface area contributed by atoms with Crippen LogP contribution < -0.4 is 0 Å². The maximum Gasteiger partial charge on any atom is 0.131 e. The van der Waals surface area contributed by atoms with E-state index in [0.717, 1.165) is 16.6 Å². The van der Waals surface area contributed by atoms with E-state index in [2.05, 4.69) is 9.97 Å². The zero-order valence-electron chi connectivity index (χ0n) is 8.97. The van der Waals surface area contributed by atoms with E-state index in [1.54, 1.807) is 18.3 Å². The lowest BCUT2D eigenvalue weighted by molar-refractivity contribution is 0.640. The first-order chi connectivity index (χ1) is 8.36. The summed E-state index contributed by atoms with van der Waals surface area (Å²) in [7, 11) is 0. The first kappa shape index (κ1) is 9.90. The SMILES string of the molecule is Fc1ccc(-c2ccncn2)c2ccccc12. The van der Waals surface area contributed by atoms with Crippen molar-refractivity contribution in [2.24, 2.45) is 0 Å². The predicted molar refractivity (Wildman–Crippen MR) is 64.9 cm³/mol. The highest BCUT2D eigenvalue weighted by atomic mass is 19.1. The number of nitrogens with zero attached hydrogens (tertiary/aromatic N) is 2. The Kier molecular flexibility index (Phi) is 2.29. The average molecular weight is 224 g/mol. The van der Waals surface area contributed by atoms with Crippen LogP contribution in [0.3, 0.4) is 0 Å². The normalized spacial score (nSPS) is 10.6. The molecule has 0 atom stereocenters. The molecule has 2 nitrogen and oxygen atoms in total. The van der Waals surface area contributed by atoms with E-state index in [1.165, 1.54) is 12.4 Å². The minimum absolute atomic E-state index is 0.210. The minimum Gasteiger partial charge on any atom is -0.245 e. The highest BCUT2D eigenvalue weighted by Gasteiger charge is 2.07. The fourth-order valence-electron chi connectivity index (χ4n) is 1.94. The molecule has 0 fully saturated rings. The van der Waals surface area contributed by atoms with Gasteiger partial charge < -0.3 is 0 Å². The van der Waals surface area contributed by atoms with Crippen LogP contribution in [0, 0.1) is 5.82 Å². The van der Waals surface area contributed by atoms with Gasteiger partial charge in [0, 0.05) is 17.1 Å². The summed E-state index contributed by atoms with van der Waals surface area (Å²) in [4.78, 5) is 8.08. The maximum absolute atomic E-state index is 13.6. The largest absolute Gasteiger partial charge is 0.245 e. The molecular formula is C14H9FN2. The summed E-state index contributed by atoms with van der Waals surface area (Å²) in [6, 6.07) is 12.4. The highest BCUT2D eigenvalue weighted by molar-refractivity contribution is 5.96. The van der Waals surface area contributed by atoms with E-state index in [1.807, 2.05) is 24.3 Å². The topological polar surface area (TPSA) is 25.8 Å². The molecule has 0 unspecified atom stereocenters. The van der Waals surface area contributed by atoms with Gasteiger partial charge in [0.1, 0.15) is 12.1 Å². The Morgan fingerprint density at radius 2 is 1.71 bits per heavy atom. The molecule has 17 heavy (non-hydrogen) atoms. The third kappa shape index (κ3) is 1.65. The molecule has 2 aromatic carbocycles. The summed E-state index contributed by atoms with van der Waals surface area (Å²) in [5.41, 5.74) is 1.72. The van der Waals surface area contributed by atoms with Gasteiger partial charge in [-0.25, -0.2) is 14.4 Å². The molecule has 0 aliphatic heterocycles. The molecule has 1 aromatic heterocycles. The van der Waals surface area contributed by atoms with E-state index in [4.69, 9.17) is 0 Å². The van der Waals surface area contributed by atoms with Crippen molar-refractivity contribution in [1.29, 1.82) is 0 Å². The zero-order chi connectivity index (χ0) is 11.7. The Morgan fingerprint density at radius 3 is 2.47 bits per heavy atom. The third-order valence-corrected chi connectivity index (χ3v) is 2.73. The number of fused-ring (bicyclic) bond motifs is 1. The van der Waals surface area contributed by atoms with Gasteiger partial charge in [-0.05, 0) is 23.6 Å². The Balaban J connectivity index is 2.35. The van der Waals surface area contributed by atoms with Crippen LogP contribution in [-0.2, 0) is 0 Å². The molecule has 0 spiro atoms. The van der Waals surface area contributed by atoms with Gasteiger partial charge in [-0.15, -0.1) is 0 Å². The molecule has 0 saturated heterocycles. The molecule has 0 N–H and O–H groups in total. The van der Waals surface area contributed by atoms with E-state index < -0.39 is 0 Å². The number of halogens is 1. The fourth-order valence-corrected chi connectivity index (χ4v) is 1.94. The molecule has 3 rings (SSSR count). The van der Waals surface area contributed by atoms with Crippen molar-refractivity contribution >= 4 is 10.8 Å². The van der Waals surface area contributed by atoms with E-state index >= 15 is 0 Å². The first-order valence-electron chi connectivity index (χ1n) is 5.30. The van der Waals surface area contributed by atoms with Gasteiger partial charge in [0.05, 0.1) is 5.69 Å². The van der Waals surface area contributed by atoms with E-state index in [-0.39, 0.29) is 5.82 Å². The maximum atomic E-state index is 13.6. The van der Waals surface area contributed by atoms with Crippen LogP contribution >= 0.6 is 0 Å². The Bertz CT molecular complexity index is 665. The van der Waals surface area contributed by atoms with Crippen molar-refractivity contribution in [2.75, 3.05) is 0 Å². The average Bonchev–Trinajstić information content (AvgIpc) is 2.41. The summed E-state index contributed by atoms with van der Waals surface area (Å²) in [6.07, 6.45) is 3.17. The van der Waals surface area contributed by atoms with Crippen LogP contribution in [0.5, 0.6) is 0 Å². The van der Waals surface area contributed by atoms with Crippen LogP contribution in [0.15, 0.2) is 55.0 Å². The molecule has 0 aliphatic carbocycles. The molecule has 1 heterocycles. The smallest absolute Gasteiger partial charge is 0.131 e. The molecule has 0 aliphatic rings. The van der Waals surface area contributed by atoms with Gasteiger partial charge in [-0.3, -0.25) is 0 Å². The van der Waals surface area contributed by atoms with Crippen LogP contribution in [0.25, 0.3) is 22.0 Å². The summed E-state index contributed by atoms with van der Waals surface area (Å²) < 4.78 is 13.6. The van der Waals surface area contributed by atoms with Gasteiger partial charge in [0.2, 0.25) is 0 Å². The lowest BCUT2D eigenvalue weighted by Gasteiger charge is -2.06. The van der Waals surface area contributed by atoms with Gasteiger partial charge in [0.15, 0.2) is 0 Å². The number of aromatic nitrogens is 2. The minimum atomic E-state index is -0.210. The summed E-state index contributed by atoms with van der Waals surface area (Å²) in [6.45, 7) is 0. The van der Waals surface area contributed by atoms with Crippen molar-refractivity contribution < 1.29 is 4.39 Å². The predicted octanol–water partition coefficient (Wildman–Crippen LogP) is 3.44. The van der Waals surface area contributed by atoms with Crippen LogP contribution in [-0.4, -0.2) is 9.97 Å². The van der Waals surface area contributed by atoms with Crippen molar-refractivity contribution in [2.45, 2.75) is 0 Å². The van der Waals surface area contributed by atoms with Crippen LogP contribution in [0.2, 0.25) is 0 Å². The summed E-state index contributed by atoms with van der Waals surface area (Å²) in [5.74, 6) is -0.210. The van der Waals surface area contributed by atoms with E-state index in [0.29, 0.717) is 5.39 Å². The molecule has 3 aromatic rings. The Hall–Kier alpha value is -2.29. The fraction of sp³-hybridized carbons (Fsp3) is 0. The zero-order valence-corrected chi connectivity index (χ0v) is 8.97. The monoisotopic (exact) mass is 224 g/mol. The highest BCUT2D eigenvalue weighted by Crippen LogP contribution is 2.28. The number of hydrogen-bond acceptors (Lipinski definition) is 2. The van der Waals surface area contributed by atoms with Crippen LogP contribution in [0.1, 0.15) is 0 Å². The van der Waals surface area contributed by atoms with Gasteiger partial charge in [0.25, 0.3) is 0 Å². The molecule has 0 saturated carbocycles. The van der Waals surface area contributed by atoms with Gasteiger partial charge in [-0.2, -0.15) is 0 Å². The lowest BCUT2D eigenvalue weighted by atomic mass is 10.0.